The average molecular weight is 180 g/mol. The minimum Gasteiger partial charge on any atom is -0.367 e. The van der Waals surface area contributed by atoms with Gasteiger partial charge in [0.1, 0.15) is 0 Å². The summed E-state index contributed by atoms with van der Waals surface area (Å²) < 4.78 is 27.3. The Balaban J connectivity index is 3.78. The Morgan fingerprint density at radius 3 is 2.42 bits per heavy atom. The van der Waals surface area contributed by atoms with Crippen LogP contribution in [0.25, 0.3) is 0 Å². The first-order valence-corrected chi connectivity index (χ1v) is 3.56. The Hall–Kier alpha value is -0.710. The van der Waals surface area contributed by atoms with E-state index in [4.69, 9.17) is 5.41 Å². The summed E-state index contributed by atoms with van der Waals surface area (Å²) in [6, 6.07) is 0. The maximum Gasteiger partial charge on any atom is 0.345 e. The molecule has 0 spiro atoms. The molecule has 0 bridgehead atoms. The summed E-state index contributed by atoms with van der Waals surface area (Å²) in [7, 11) is 0. The highest BCUT2D eigenvalue weighted by Gasteiger charge is 2.19. The number of amidine groups is 1. The molecule has 0 radical (unpaired) electrons. The van der Waals surface area contributed by atoms with Gasteiger partial charge < -0.3 is 10.1 Å². The molecule has 72 valence electrons. The Labute approximate surface area is 70.6 Å². The van der Waals surface area contributed by atoms with Crippen molar-refractivity contribution >= 4 is 5.84 Å². The van der Waals surface area contributed by atoms with Gasteiger partial charge in [-0.05, 0) is 20.8 Å². The molecule has 0 aliphatic carbocycles. The molecular weight excluding hydrogens is 166 g/mol. The maximum atomic E-state index is 11.6. The molecule has 0 aromatic rings. The number of nitrogens with one attached hydrogen (secondary N) is 2. The Kier molecular flexibility index (Phi) is 4.09. The lowest BCUT2D eigenvalue weighted by molar-refractivity contribution is -0.139. The second-order valence-corrected chi connectivity index (χ2v) is 3.21. The molecule has 0 aromatic carbocycles. The van der Waals surface area contributed by atoms with Crippen molar-refractivity contribution in [2.75, 3.05) is 6.61 Å². The van der Waals surface area contributed by atoms with Gasteiger partial charge in [0.05, 0.1) is 18.0 Å². The Morgan fingerprint density at radius 2 is 2.08 bits per heavy atom. The van der Waals surface area contributed by atoms with Gasteiger partial charge in [0, 0.05) is 0 Å². The average Bonchev–Trinajstić information content (AvgIpc) is 1.81. The zero-order valence-electron chi connectivity index (χ0n) is 7.45. The van der Waals surface area contributed by atoms with Crippen molar-refractivity contribution in [3.63, 3.8) is 0 Å². The standard InChI is InChI=1S/C7H14F2N2O/c1-5(10)11-7(2,3)4-12-6(8)9/h6H,4H2,1-3H3,(H2,10,11). The van der Waals surface area contributed by atoms with Crippen LogP contribution in [0.3, 0.4) is 0 Å². The van der Waals surface area contributed by atoms with Crippen LogP contribution in [0.4, 0.5) is 8.78 Å². The normalized spacial score (nSPS) is 11.8. The number of hydrogen-bond acceptors (Lipinski definition) is 2. The van der Waals surface area contributed by atoms with Crippen LogP contribution < -0.4 is 5.32 Å². The molecule has 0 unspecified atom stereocenters. The number of ether oxygens (including phenoxy) is 1. The van der Waals surface area contributed by atoms with Crippen molar-refractivity contribution in [2.45, 2.75) is 32.9 Å². The molecule has 0 fully saturated rings. The molecular formula is C7H14F2N2O. The van der Waals surface area contributed by atoms with Crippen molar-refractivity contribution in [1.29, 1.82) is 5.41 Å². The molecule has 0 heterocycles. The third-order valence-corrected chi connectivity index (χ3v) is 1.10. The Morgan fingerprint density at radius 1 is 1.58 bits per heavy atom. The van der Waals surface area contributed by atoms with Crippen LogP contribution in [0.1, 0.15) is 20.8 Å². The van der Waals surface area contributed by atoms with E-state index in [0.29, 0.717) is 0 Å². The molecule has 2 N–H and O–H groups in total. The minimum atomic E-state index is -2.75. The van der Waals surface area contributed by atoms with Crippen molar-refractivity contribution in [3.05, 3.63) is 0 Å². The van der Waals surface area contributed by atoms with Gasteiger partial charge in [-0.25, -0.2) is 0 Å². The van der Waals surface area contributed by atoms with E-state index < -0.39 is 12.2 Å². The van der Waals surface area contributed by atoms with Crippen LogP contribution in [-0.4, -0.2) is 24.6 Å². The molecule has 5 heteroatoms. The monoisotopic (exact) mass is 180 g/mol. The number of halogens is 2. The fraction of sp³-hybridized carbons (Fsp3) is 0.857. The molecule has 3 nitrogen and oxygen atoms in total. The second kappa shape index (κ2) is 4.35. The van der Waals surface area contributed by atoms with Gasteiger partial charge in [-0.15, -0.1) is 0 Å². The number of alkyl halides is 2. The van der Waals surface area contributed by atoms with Crippen molar-refractivity contribution in [2.24, 2.45) is 0 Å². The molecule has 0 aliphatic rings. The summed E-state index contributed by atoms with van der Waals surface area (Å²) in [6.45, 7) is 2.04. The first-order chi connectivity index (χ1) is 5.33. The highest BCUT2D eigenvalue weighted by molar-refractivity contribution is 5.76. The van der Waals surface area contributed by atoms with Gasteiger partial charge >= 0.3 is 6.61 Å². The molecule has 0 rings (SSSR count). The Bertz CT molecular complexity index is 159. The predicted octanol–water partition coefficient (Wildman–Crippen LogP) is 1.59. The van der Waals surface area contributed by atoms with Gasteiger partial charge in [-0.3, -0.25) is 5.41 Å². The quantitative estimate of drug-likeness (QED) is 0.509. The van der Waals surface area contributed by atoms with Crippen LogP contribution in [0.5, 0.6) is 0 Å². The lowest BCUT2D eigenvalue weighted by Crippen LogP contribution is -2.46. The third kappa shape index (κ3) is 6.03. The summed E-state index contributed by atoms with van der Waals surface area (Å²) in [6.07, 6.45) is 0. The van der Waals surface area contributed by atoms with E-state index in [9.17, 15) is 8.78 Å². The summed E-state index contributed by atoms with van der Waals surface area (Å²) >= 11 is 0. The van der Waals surface area contributed by atoms with E-state index in [1.807, 2.05) is 0 Å². The fourth-order valence-electron chi connectivity index (χ4n) is 0.815. The van der Waals surface area contributed by atoms with E-state index in [1.165, 1.54) is 0 Å². The predicted molar refractivity (Wildman–Crippen MR) is 42.6 cm³/mol. The topological polar surface area (TPSA) is 45.1 Å². The molecule has 0 amide bonds. The van der Waals surface area contributed by atoms with E-state index in [0.717, 1.165) is 0 Å². The fourth-order valence-corrected chi connectivity index (χ4v) is 0.815. The van der Waals surface area contributed by atoms with Crippen LogP contribution in [-0.2, 0) is 4.74 Å². The highest BCUT2D eigenvalue weighted by atomic mass is 19.3. The van der Waals surface area contributed by atoms with E-state index in [1.54, 1.807) is 20.8 Å². The lowest BCUT2D eigenvalue weighted by Gasteiger charge is -2.26. The third-order valence-electron chi connectivity index (χ3n) is 1.10. The van der Waals surface area contributed by atoms with Gasteiger partial charge in [0.25, 0.3) is 0 Å². The molecule has 0 saturated carbocycles. The van der Waals surface area contributed by atoms with Crippen LogP contribution in [0, 0.1) is 5.41 Å². The van der Waals surface area contributed by atoms with E-state index >= 15 is 0 Å². The summed E-state index contributed by atoms with van der Waals surface area (Å²) in [5.41, 5.74) is -0.623. The van der Waals surface area contributed by atoms with Crippen LogP contribution >= 0.6 is 0 Å². The highest BCUT2D eigenvalue weighted by Crippen LogP contribution is 2.05. The van der Waals surface area contributed by atoms with E-state index in [2.05, 4.69) is 10.1 Å². The molecule has 0 atom stereocenters. The summed E-state index contributed by atoms with van der Waals surface area (Å²) in [4.78, 5) is 0. The van der Waals surface area contributed by atoms with Crippen molar-refractivity contribution < 1.29 is 13.5 Å². The first-order valence-electron chi connectivity index (χ1n) is 3.56. The molecule has 0 aromatic heterocycles. The van der Waals surface area contributed by atoms with Crippen molar-refractivity contribution in [1.82, 2.24) is 5.32 Å². The van der Waals surface area contributed by atoms with Gasteiger partial charge in [0.15, 0.2) is 0 Å². The smallest absolute Gasteiger partial charge is 0.345 e. The zero-order chi connectivity index (χ0) is 9.78. The van der Waals surface area contributed by atoms with Crippen molar-refractivity contribution in [3.8, 4) is 0 Å². The largest absolute Gasteiger partial charge is 0.367 e. The van der Waals surface area contributed by atoms with Gasteiger partial charge in [-0.1, -0.05) is 0 Å². The zero-order valence-corrected chi connectivity index (χ0v) is 7.45. The maximum absolute atomic E-state index is 11.6. The van der Waals surface area contributed by atoms with Crippen LogP contribution in [0.2, 0.25) is 0 Å². The second-order valence-electron chi connectivity index (χ2n) is 3.21. The lowest BCUT2D eigenvalue weighted by atomic mass is 10.1. The number of hydrogen-bond donors (Lipinski definition) is 2. The van der Waals surface area contributed by atoms with Gasteiger partial charge in [0.2, 0.25) is 0 Å². The summed E-state index contributed by atoms with van der Waals surface area (Å²) in [5.74, 6) is 0.234. The molecule has 12 heavy (non-hydrogen) atoms. The van der Waals surface area contributed by atoms with E-state index in [-0.39, 0.29) is 12.4 Å². The van der Waals surface area contributed by atoms with Gasteiger partial charge in [-0.2, -0.15) is 8.78 Å². The van der Waals surface area contributed by atoms with Crippen LogP contribution in [0.15, 0.2) is 0 Å². The number of rotatable bonds is 4. The summed E-state index contributed by atoms with van der Waals surface area (Å²) in [5, 5.41) is 9.78. The molecule has 0 aliphatic heterocycles. The minimum absolute atomic E-state index is 0.124. The molecule has 0 saturated heterocycles. The SMILES string of the molecule is CC(=N)NC(C)(C)COC(F)F. The first kappa shape index (κ1) is 11.3.